The van der Waals surface area contributed by atoms with E-state index in [4.69, 9.17) is 14.5 Å². The van der Waals surface area contributed by atoms with Crippen LogP contribution < -0.4 is 20.9 Å². The fourth-order valence-corrected chi connectivity index (χ4v) is 7.46. The molecule has 1 fully saturated rings. The predicted molar refractivity (Wildman–Crippen MR) is 211 cm³/mol. The van der Waals surface area contributed by atoms with Crippen LogP contribution in [0, 0.1) is 11.3 Å². The number of amidine groups is 1. The number of hydrogen-bond donors (Lipinski definition) is 3. The third-order valence-electron chi connectivity index (χ3n) is 7.25. The molecule has 2 aliphatic rings. The van der Waals surface area contributed by atoms with Crippen LogP contribution >= 0.6 is 23.5 Å². The van der Waals surface area contributed by atoms with Crippen LogP contribution in [-0.2, 0) is 20.8 Å². The van der Waals surface area contributed by atoms with E-state index in [1.807, 2.05) is 61.3 Å². The number of aliphatic imine (C=N–C) groups is 2. The van der Waals surface area contributed by atoms with Crippen LogP contribution in [0.25, 0.3) is 0 Å². The highest BCUT2D eigenvalue weighted by molar-refractivity contribution is 8.19. The lowest BCUT2D eigenvalue weighted by molar-refractivity contribution is -0.122. The monoisotopic (exact) mass is 754 g/mol. The van der Waals surface area contributed by atoms with E-state index < -0.39 is 23.4 Å². The van der Waals surface area contributed by atoms with E-state index >= 15 is 0 Å². The number of amides is 3. The van der Waals surface area contributed by atoms with Gasteiger partial charge in [0.15, 0.2) is 5.17 Å². The molecule has 0 aliphatic carbocycles. The van der Waals surface area contributed by atoms with Crippen molar-refractivity contribution in [2.24, 2.45) is 9.98 Å². The van der Waals surface area contributed by atoms with Crippen molar-refractivity contribution in [3.05, 3.63) is 87.8 Å². The fraction of sp³-hybridized carbons (Fsp3) is 0.316. The van der Waals surface area contributed by atoms with E-state index in [0.717, 1.165) is 21.8 Å². The minimum atomic E-state index is -0.805. The van der Waals surface area contributed by atoms with Gasteiger partial charge in [0.05, 0.1) is 46.0 Å². The molecule has 13 nitrogen and oxygen atoms in total. The first-order chi connectivity index (χ1) is 25.0. The summed E-state index contributed by atoms with van der Waals surface area (Å²) >= 11 is 2.67. The first-order valence-electron chi connectivity index (χ1n) is 16.8. The zero-order valence-corrected chi connectivity index (χ0v) is 32.5. The van der Waals surface area contributed by atoms with E-state index in [-0.39, 0.29) is 11.9 Å². The van der Waals surface area contributed by atoms with Crippen LogP contribution in [0.3, 0.4) is 0 Å². The van der Waals surface area contributed by atoms with Gasteiger partial charge in [0.25, 0.3) is 5.91 Å². The molecule has 53 heavy (non-hydrogen) atoms. The number of nitrogens with zero attached hydrogens (tertiary/aromatic N) is 5. The average molecular weight is 755 g/mol. The van der Waals surface area contributed by atoms with Crippen LogP contribution in [0.15, 0.2) is 91.5 Å². The largest absolute Gasteiger partial charge is 0.444 e. The molecule has 0 unspecified atom stereocenters. The van der Waals surface area contributed by atoms with Crippen molar-refractivity contribution in [3.8, 4) is 6.07 Å². The Bertz CT molecular complexity index is 2010. The van der Waals surface area contributed by atoms with E-state index in [9.17, 15) is 19.6 Å². The minimum Gasteiger partial charge on any atom is -0.444 e. The maximum absolute atomic E-state index is 14.3. The lowest BCUT2D eigenvalue weighted by Gasteiger charge is -2.22. The van der Waals surface area contributed by atoms with Crippen LogP contribution in [0.4, 0.5) is 32.3 Å². The summed E-state index contributed by atoms with van der Waals surface area (Å²) < 4.78 is 10.7. The number of anilines is 2. The minimum absolute atomic E-state index is 0.181. The third kappa shape index (κ3) is 10.1. The Morgan fingerprint density at radius 3 is 2.17 bits per heavy atom. The molecular weight excluding hydrogens is 713 g/mol. The van der Waals surface area contributed by atoms with Gasteiger partial charge in [-0.25, -0.2) is 19.6 Å². The Balaban J connectivity index is 1.50. The van der Waals surface area contributed by atoms with Crippen molar-refractivity contribution in [3.63, 3.8) is 0 Å². The Kier molecular flexibility index (Phi) is 11.7. The first kappa shape index (κ1) is 38.8. The summed E-state index contributed by atoms with van der Waals surface area (Å²) in [5, 5.41) is 19.1. The Hall–Kier alpha value is -5.46. The number of carbonyl (C=O) groups is 3. The van der Waals surface area contributed by atoms with Gasteiger partial charge in [-0.3, -0.25) is 20.3 Å². The van der Waals surface area contributed by atoms with Gasteiger partial charge in [0, 0.05) is 18.5 Å². The zero-order valence-electron chi connectivity index (χ0n) is 30.9. The Morgan fingerprint density at radius 1 is 0.906 bits per heavy atom. The van der Waals surface area contributed by atoms with E-state index in [1.54, 1.807) is 70.7 Å². The SMILES string of the molecule is CCNc1ccc(C#N)cc1N=C1S/C(=C2\Sc3cc(N=C(NC(=O)OC(C)(C)C)NC(=O)OC(C)(C)C)ccc3N2C)C(=O)N1Cc1ccccc1. The van der Waals surface area contributed by atoms with Gasteiger partial charge in [-0.05, 0) is 102 Å². The standard InChI is InChI=1S/C38H42N8O5S2/c1-9-40-26-17-15-24(21-39)19-27(26)42-34-46(22-23-13-11-10-12-14-23)31(47)30(53-34)32-45(8)28-18-16-25(20-29(28)52-32)41-33(43-35(48)50-37(2,3)4)44-36(49)51-38(5,6)7/h10-20,40H,9,22H2,1-8H3,(H2,41,43,44,48,49)/b32-30-,42-34?. The molecule has 3 aromatic carbocycles. The molecule has 3 N–H and O–H groups in total. The molecule has 3 amide bonds. The van der Waals surface area contributed by atoms with Crippen LogP contribution in [-0.4, -0.2) is 58.9 Å². The number of nitriles is 1. The molecule has 0 aromatic heterocycles. The second-order valence-corrected chi connectivity index (χ2v) is 15.9. The van der Waals surface area contributed by atoms with Gasteiger partial charge in [0.1, 0.15) is 16.1 Å². The zero-order chi connectivity index (χ0) is 38.5. The Labute approximate surface area is 317 Å². The lowest BCUT2D eigenvalue weighted by Crippen LogP contribution is -2.47. The number of thioether (sulfide) groups is 2. The highest BCUT2D eigenvalue weighted by atomic mass is 32.2. The molecular formula is C38H42N8O5S2. The molecule has 0 atom stereocenters. The van der Waals surface area contributed by atoms with Gasteiger partial charge in [-0.15, -0.1) is 0 Å². The molecule has 1 saturated heterocycles. The van der Waals surface area contributed by atoms with Crippen LogP contribution in [0.2, 0.25) is 0 Å². The molecule has 276 valence electrons. The number of guanidine groups is 1. The van der Waals surface area contributed by atoms with E-state index in [0.29, 0.717) is 45.1 Å². The number of rotatable bonds is 6. The molecule has 0 radical (unpaired) electrons. The number of ether oxygens (including phenoxy) is 2. The van der Waals surface area contributed by atoms with Gasteiger partial charge in [0.2, 0.25) is 5.96 Å². The number of carbonyl (C=O) groups excluding carboxylic acids is 3. The van der Waals surface area contributed by atoms with Crippen molar-refractivity contribution in [2.45, 2.75) is 71.1 Å². The molecule has 2 aliphatic heterocycles. The molecule has 0 saturated carbocycles. The smallest absolute Gasteiger partial charge is 0.414 e. The average Bonchev–Trinajstić information content (AvgIpc) is 3.55. The first-order valence-corrected chi connectivity index (χ1v) is 18.5. The summed E-state index contributed by atoms with van der Waals surface area (Å²) in [6.45, 7) is 13.3. The number of hydrogen-bond acceptors (Lipinski definition) is 12. The van der Waals surface area contributed by atoms with Crippen LogP contribution in [0.1, 0.15) is 59.6 Å². The Morgan fingerprint density at radius 2 is 1.57 bits per heavy atom. The van der Waals surface area contributed by atoms with Gasteiger partial charge >= 0.3 is 12.2 Å². The molecule has 15 heteroatoms. The molecule has 5 rings (SSSR count). The van der Waals surface area contributed by atoms with E-state index in [1.165, 1.54) is 23.5 Å². The summed E-state index contributed by atoms with van der Waals surface area (Å²) in [6.07, 6.45) is -1.61. The lowest BCUT2D eigenvalue weighted by atomic mass is 10.2. The van der Waals surface area contributed by atoms with Gasteiger partial charge in [-0.2, -0.15) is 5.26 Å². The summed E-state index contributed by atoms with van der Waals surface area (Å²) in [5.41, 5.74) is 2.39. The quantitative estimate of drug-likeness (QED) is 0.127. The van der Waals surface area contributed by atoms with Crippen molar-refractivity contribution in [1.29, 1.82) is 5.26 Å². The summed E-state index contributed by atoms with van der Waals surface area (Å²) in [6, 6.07) is 22.5. The normalized spacial score (nSPS) is 16.2. The topological polar surface area (TPSA) is 161 Å². The maximum Gasteiger partial charge on any atom is 0.414 e. The highest BCUT2D eigenvalue weighted by Gasteiger charge is 2.39. The molecule has 0 bridgehead atoms. The third-order valence-corrected chi connectivity index (χ3v) is 9.66. The van der Waals surface area contributed by atoms with Crippen molar-refractivity contribution >= 4 is 75.5 Å². The predicted octanol–water partition coefficient (Wildman–Crippen LogP) is 8.20. The second-order valence-electron chi connectivity index (χ2n) is 13.9. The number of fused-ring (bicyclic) bond motifs is 1. The van der Waals surface area contributed by atoms with Crippen molar-refractivity contribution < 1.29 is 23.9 Å². The van der Waals surface area contributed by atoms with E-state index in [2.05, 4.69) is 27.0 Å². The number of benzene rings is 3. The molecule has 2 heterocycles. The van der Waals surface area contributed by atoms with Crippen LogP contribution in [0.5, 0.6) is 0 Å². The maximum atomic E-state index is 14.3. The molecule has 0 spiro atoms. The fourth-order valence-electron chi connectivity index (χ4n) is 5.09. The van der Waals surface area contributed by atoms with Crippen molar-refractivity contribution in [2.75, 3.05) is 23.8 Å². The van der Waals surface area contributed by atoms with Gasteiger partial charge in [-0.1, -0.05) is 42.1 Å². The second kappa shape index (κ2) is 16.1. The number of alkyl carbamates (subject to hydrolysis) is 2. The highest BCUT2D eigenvalue weighted by Crippen LogP contribution is 2.51. The summed E-state index contributed by atoms with van der Waals surface area (Å²) in [4.78, 5) is 53.9. The molecule has 3 aromatic rings. The summed E-state index contributed by atoms with van der Waals surface area (Å²) in [7, 11) is 1.88. The number of nitrogens with one attached hydrogen (secondary N) is 3. The van der Waals surface area contributed by atoms with Crippen molar-refractivity contribution in [1.82, 2.24) is 15.5 Å². The van der Waals surface area contributed by atoms with Gasteiger partial charge < -0.3 is 19.7 Å². The summed E-state index contributed by atoms with van der Waals surface area (Å²) in [5.74, 6) is -0.385.